The van der Waals surface area contributed by atoms with Crippen molar-refractivity contribution in [3.8, 4) is 11.5 Å². The van der Waals surface area contributed by atoms with Crippen molar-refractivity contribution >= 4 is 0 Å². The van der Waals surface area contributed by atoms with E-state index in [0.29, 0.717) is 0 Å². The standard InChI is InChI=1S/C13H20O2/c1-3-4-5-6-7-12-10(2)8-11(14)9-13(12)15/h8-9,14-15H,3-7H2,1-2H3. The number of hydrogen-bond acceptors (Lipinski definition) is 2. The average molecular weight is 208 g/mol. The highest BCUT2D eigenvalue weighted by atomic mass is 16.3. The lowest BCUT2D eigenvalue weighted by Crippen LogP contribution is -1.91. The van der Waals surface area contributed by atoms with Crippen LogP contribution < -0.4 is 0 Å². The Labute approximate surface area is 91.6 Å². The molecule has 1 aromatic rings. The molecule has 0 amide bonds. The summed E-state index contributed by atoms with van der Waals surface area (Å²) in [4.78, 5) is 0. The predicted octanol–water partition coefficient (Wildman–Crippen LogP) is 3.53. The molecule has 2 N–H and O–H groups in total. The first kappa shape index (κ1) is 11.9. The van der Waals surface area contributed by atoms with E-state index < -0.39 is 0 Å². The minimum Gasteiger partial charge on any atom is -0.508 e. The van der Waals surface area contributed by atoms with Gasteiger partial charge in [0, 0.05) is 6.07 Å². The van der Waals surface area contributed by atoms with Gasteiger partial charge in [-0.05, 0) is 37.0 Å². The van der Waals surface area contributed by atoms with Crippen LogP contribution in [0.1, 0.15) is 43.7 Å². The number of phenols is 2. The van der Waals surface area contributed by atoms with Crippen molar-refractivity contribution < 1.29 is 10.2 Å². The van der Waals surface area contributed by atoms with Gasteiger partial charge in [0.1, 0.15) is 11.5 Å². The highest BCUT2D eigenvalue weighted by molar-refractivity contribution is 5.44. The van der Waals surface area contributed by atoms with E-state index in [9.17, 15) is 10.2 Å². The molecule has 0 unspecified atom stereocenters. The number of aromatic hydroxyl groups is 2. The SMILES string of the molecule is CCCCCCc1c(C)cc(O)cc1O. The van der Waals surface area contributed by atoms with Crippen LogP contribution in [0.3, 0.4) is 0 Å². The van der Waals surface area contributed by atoms with Gasteiger partial charge in [-0.15, -0.1) is 0 Å². The highest BCUT2D eigenvalue weighted by Gasteiger charge is 2.06. The van der Waals surface area contributed by atoms with Crippen LogP contribution in [0.4, 0.5) is 0 Å². The molecule has 0 bridgehead atoms. The second kappa shape index (κ2) is 5.64. The molecule has 0 aliphatic heterocycles. The van der Waals surface area contributed by atoms with Crippen LogP contribution in [0.2, 0.25) is 0 Å². The second-order valence-corrected chi connectivity index (χ2v) is 4.07. The lowest BCUT2D eigenvalue weighted by Gasteiger charge is -2.08. The van der Waals surface area contributed by atoms with Gasteiger partial charge in [-0.25, -0.2) is 0 Å². The highest BCUT2D eigenvalue weighted by Crippen LogP contribution is 2.28. The molecular formula is C13H20O2. The minimum atomic E-state index is 0.141. The van der Waals surface area contributed by atoms with E-state index in [1.165, 1.54) is 25.3 Å². The van der Waals surface area contributed by atoms with Gasteiger partial charge in [0.25, 0.3) is 0 Å². The van der Waals surface area contributed by atoms with Gasteiger partial charge < -0.3 is 10.2 Å². The summed E-state index contributed by atoms with van der Waals surface area (Å²) in [5, 5.41) is 18.9. The molecule has 0 saturated heterocycles. The van der Waals surface area contributed by atoms with Gasteiger partial charge >= 0.3 is 0 Å². The van der Waals surface area contributed by atoms with Crippen molar-refractivity contribution in [1.82, 2.24) is 0 Å². The largest absolute Gasteiger partial charge is 0.508 e. The molecule has 84 valence electrons. The number of aryl methyl sites for hydroxylation is 1. The molecule has 2 nitrogen and oxygen atoms in total. The fourth-order valence-electron chi connectivity index (χ4n) is 1.83. The van der Waals surface area contributed by atoms with Gasteiger partial charge in [-0.1, -0.05) is 26.2 Å². The summed E-state index contributed by atoms with van der Waals surface area (Å²) in [5.74, 6) is 0.367. The number of hydrogen-bond donors (Lipinski definition) is 2. The third-order valence-corrected chi connectivity index (χ3v) is 2.71. The van der Waals surface area contributed by atoms with Crippen molar-refractivity contribution in [3.05, 3.63) is 23.3 Å². The van der Waals surface area contributed by atoms with Crippen LogP contribution >= 0.6 is 0 Å². The number of phenolic OH excluding ortho intramolecular Hbond substituents is 2. The average Bonchev–Trinajstić information content (AvgIpc) is 2.15. The first-order chi connectivity index (χ1) is 7.15. The lowest BCUT2D eigenvalue weighted by molar-refractivity contribution is 0.444. The zero-order valence-electron chi connectivity index (χ0n) is 9.58. The molecule has 0 fully saturated rings. The van der Waals surface area contributed by atoms with Crippen molar-refractivity contribution in [2.24, 2.45) is 0 Å². The fourth-order valence-corrected chi connectivity index (χ4v) is 1.83. The molecule has 0 radical (unpaired) electrons. The Morgan fingerprint density at radius 3 is 2.40 bits per heavy atom. The summed E-state index contributed by atoms with van der Waals surface area (Å²) >= 11 is 0. The third-order valence-electron chi connectivity index (χ3n) is 2.71. The summed E-state index contributed by atoms with van der Waals surface area (Å²) in [6, 6.07) is 3.12. The Balaban J connectivity index is 2.60. The monoisotopic (exact) mass is 208 g/mol. The van der Waals surface area contributed by atoms with Crippen LogP contribution in [0.5, 0.6) is 11.5 Å². The zero-order chi connectivity index (χ0) is 11.3. The Bertz CT molecular complexity index is 295. The maximum Gasteiger partial charge on any atom is 0.122 e. The maximum atomic E-state index is 9.67. The normalized spacial score (nSPS) is 10.5. The van der Waals surface area contributed by atoms with Gasteiger partial charge in [0.05, 0.1) is 0 Å². The molecule has 2 heteroatoms. The van der Waals surface area contributed by atoms with Gasteiger partial charge in [-0.3, -0.25) is 0 Å². The Morgan fingerprint density at radius 1 is 1.07 bits per heavy atom. The van der Waals surface area contributed by atoms with Gasteiger partial charge in [0.15, 0.2) is 0 Å². The zero-order valence-corrected chi connectivity index (χ0v) is 9.58. The van der Waals surface area contributed by atoms with Gasteiger partial charge in [0.2, 0.25) is 0 Å². The van der Waals surface area contributed by atoms with Crippen LogP contribution in [0.15, 0.2) is 12.1 Å². The van der Waals surface area contributed by atoms with E-state index in [4.69, 9.17) is 0 Å². The van der Waals surface area contributed by atoms with Gasteiger partial charge in [-0.2, -0.15) is 0 Å². The number of rotatable bonds is 5. The van der Waals surface area contributed by atoms with Crippen LogP contribution in [0, 0.1) is 6.92 Å². The smallest absolute Gasteiger partial charge is 0.122 e. The van der Waals surface area contributed by atoms with Crippen LogP contribution in [-0.4, -0.2) is 10.2 Å². The predicted molar refractivity (Wildman–Crippen MR) is 62.4 cm³/mol. The quantitative estimate of drug-likeness (QED) is 0.727. The number of benzene rings is 1. The van der Waals surface area contributed by atoms with Crippen molar-refractivity contribution in [2.75, 3.05) is 0 Å². The van der Waals surface area contributed by atoms with Crippen LogP contribution in [-0.2, 0) is 6.42 Å². The Morgan fingerprint density at radius 2 is 1.80 bits per heavy atom. The van der Waals surface area contributed by atoms with E-state index >= 15 is 0 Å². The van der Waals surface area contributed by atoms with Crippen molar-refractivity contribution in [1.29, 1.82) is 0 Å². The first-order valence-corrected chi connectivity index (χ1v) is 5.66. The molecule has 0 aromatic heterocycles. The van der Waals surface area contributed by atoms with E-state index in [-0.39, 0.29) is 11.5 Å². The summed E-state index contributed by atoms with van der Waals surface area (Å²) in [6.07, 6.45) is 5.68. The van der Waals surface area contributed by atoms with Crippen molar-refractivity contribution in [3.63, 3.8) is 0 Å². The molecule has 0 heterocycles. The Hall–Kier alpha value is -1.18. The molecule has 15 heavy (non-hydrogen) atoms. The van der Waals surface area contributed by atoms with Crippen molar-refractivity contribution in [2.45, 2.75) is 46.0 Å². The molecule has 0 atom stereocenters. The molecule has 1 rings (SSSR count). The lowest BCUT2D eigenvalue weighted by atomic mass is 10.0. The molecule has 0 aliphatic rings. The summed E-state index contributed by atoms with van der Waals surface area (Å²) in [6.45, 7) is 4.11. The molecule has 1 aromatic carbocycles. The van der Waals surface area contributed by atoms with E-state index in [0.717, 1.165) is 24.0 Å². The molecule has 0 saturated carbocycles. The van der Waals surface area contributed by atoms with E-state index in [1.807, 2.05) is 6.92 Å². The molecule has 0 aliphatic carbocycles. The maximum absolute atomic E-state index is 9.67. The van der Waals surface area contributed by atoms with Crippen LogP contribution in [0.25, 0.3) is 0 Å². The second-order valence-electron chi connectivity index (χ2n) is 4.07. The Kier molecular flexibility index (Phi) is 4.47. The van der Waals surface area contributed by atoms with E-state index in [1.54, 1.807) is 6.07 Å². The topological polar surface area (TPSA) is 40.5 Å². The molecular weight excluding hydrogens is 188 g/mol. The minimum absolute atomic E-state index is 0.141. The third kappa shape index (κ3) is 3.46. The molecule has 0 spiro atoms. The summed E-state index contributed by atoms with van der Waals surface area (Å²) in [5.41, 5.74) is 1.95. The first-order valence-electron chi connectivity index (χ1n) is 5.66. The van der Waals surface area contributed by atoms with E-state index in [2.05, 4.69) is 6.92 Å². The summed E-state index contributed by atoms with van der Waals surface area (Å²) in [7, 11) is 0. The number of unbranched alkanes of at least 4 members (excludes halogenated alkanes) is 3. The summed E-state index contributed by atoms with van der Waals surface area (Å²) < 4.78 is 0. The fraction of sp³-hybridized carbons (Fsp3) is 0.538.